The number of benzene rings is 2. The maximum Gasteiger partial charge on any atom is 0.340 e. The zero-order valence-electron chi connectivity index (χ0n) is 17.4. The maximum absolute atomic E-state index is 13.0. The second-order valence-electron chi connectivity index (χ2n) is 7.41. The number of ether oxygens (including phenoxy) is 3. The van der Waals surface area contributed by atoms with Gasteiger partial charge in [-0.2, -0.15) is 0 Å². The van der Waals surface area contributed by atoms with Gasteiger partial charge in [0.15, 0.2) is 0 Å². The summed E-state index contributed by atoms with van der Waals surface area (Å²) in [6.07, 6.45) is -0.0541. The fraction of sp³-hybridized carbons (Fsp3) is 0.375. The number of allylic oxidation sites excluding steroid dienone is 1. The number of halogens is 3. The van der Waals surface area contributed by atoms with E-state index in [0.717, 1.165) is 11.1 Å². The molecule has 2 aromatic rings. The molecular formula is C24H25Cl3O4. The van der Waals surface area contributed by atoms with Gasteiger partial charge in [0.2, 0.25) is 3.79 Å². The Kier molecular flexibility index (Phi) is 7.92. The molecule has 31 heavy (non-hydrogen) atoms. The van der Waals surface area contributed by atoms with Crippen molar-refractivity contribution < 1.29 is 19.0 Å². The van der Waals surface area contributed by atoms with E-state index in [4.69, 9.17) is 49.0 Å². The van der Waals surface area contributed by atoms with Crippen LogP contribution < -0.4 is 0 Å². The van der Waals surface area contributed by atoms with Crippen molar-refractivity contribution in [2.45, 2.75) is 35.6 Å². The molecule has 0 saturated carbocycles. The van der Waals surface area contributed by atoms with Crippen molar-refractivity contribution in [3.05, 3.63) is 83.1 Å². The van der Waals surface area contributed by atoms with Crippen LogP contribution in [-0.2, 0) is 24.4 Å². The molecule has 1 aliphatic heterocycles. The standard InChI is InChI=1S/C24H25Cl3O4/c1-3-29-17(2)21(22(28)31-16-24(25,26)27)20-14-23(15-30-20,18-10-6-4-7-11-18)19-12-8-5-9-13-19/h4-13,17H,3,14-16H2,1-2H3/b21-20-. The van der Waals surface area contributed by atoms with Crippen molar-refractivity contribution in [2.24, 2.45) is 0 Å². The van der Waals surface area contributed by atoms with Gasteiger partial charge in [0.05, 0.1) is 11.5 Å². The Hall–Kier alpha value is -1.72. The number of hydrogen-bond donors (Lipinski definition) is 0. The van der Waals surface area contributed by atoms with Crippen LogP contribution in [-0.4, -0.2) is 35.7 Å². The van der Waals surface area contributed by atoms with Crippen LogP contribution in [0.25, 0.3) is 0 Å². The molecule has 1 unspecified atom stereocenters. The normalized spacial score (nSPS) is 18.2. The second kappa shape index (κ2) is 10.3. The lowest BCUT2D eigenvalue weighted by molar-refractivity contribution is -0.140. The van der Waals surface area contributed by atoms with E-state index < -0.39 is 21.3 Å². The zero-order valence-corrected chi connectivity index (χ0v) is 19.7. The van der Waals surface area contributed by atoms with Gasteiger partial charge in [-0.25, -0.2) is 4.79 Å². The Balaban J connectivity index is 2.03. The van der Waals surface area contributed by atoms with Crippen LogP contribution in [0.3, 0.4) is 0 Å². The third-order valence-electron chi connectivity index (χ3n) is 5.32. The second-order valence-corrected chi connectivity index (χ2v) is 9.92. The van der Waals surface area contributed by atoms with E-state index in [1.807, 2.05) is 43.3 Å². The number of carbonyl (C=O) groups excluding carboxylic acids is 1. The fourth-order valence-electron chi connectivity index (χ4n) is 3.88. The van der Waals surface area contributed by atoms with Crippen molar-refractivity contribution in [1.82, 2.24) is 0 Å². The van der Waals surface area contributed by atoms with Gasteiger partial charge in [-0.3, -0.25) is 0 Å². The summed E-state index contributed by atoms with van der Waals surface area (Å²) in [4.78, 5) is 13.0. The first kappa shape index (κ1) is 23.9. The quantitative estimate of drug-likeness (QED) is 0.276. The van der Waals surface area contributed by atoms with E-state index in [9.17, 15) is 4.79 Å². The maximum atomic E-state index is 13.0. The molecule has 4 nitrogen and oxygen atoms in total. The molecule has 0 radical (unpaired) electrons. The Labute approximate surface area is 198 Å². The van der Waals surface area contributed by atoms with E-state index in [1.54, 1.807) is 6.92 Å². The lowest BCUT2D eigenvalue weighted by atomic mass is 9.73. The molecule has 1 saturated heterocycles. The first-order valence-corrected chi connectivity index (χ1v) is 11.2. The van der Waals surface area contributed by atoms with Gasteiger partial charge in [0, 0.05) is 13.0 Å². The van der Waals surface area contributed by atoms with Crippen LogP contribution in [0.2, 0.25) is 0 Å². The molecule has 1 aliphatic rings. The third kappa shape index (κ3) is 5.75. The van der Waals surface area contributed by atoms with Crippen LogP contribution in [0.4, 0.5) is 0 Å². The highest BCUT2D eigenvalue weighted by atomic mass is 35.6. The van der Waals surface area contributed by atoms with Gasteiger partial charge in [0.25, 0.3) is 0 Å². The molecule has 3 rings (SSSR count). The number of carbonyl (C=O) groups is 1. The molecule has 2 aromatic carbocycles. The van der Waals surface area contributed by atoms with Gasteiger partial charge in [-0.1, -0.05) is 95.5 Å². The van der Waals surface area contributed by atoms with E-state index >= 15 is 0 Å². The van der Waals surface area contributed by atoms with E-state index in [1.165, 1.54) is 0 Å². The van der Waals surface area contributed by atoms with Crippen LogP contribution >= 0.6 is 34.8 Å². The van der Waals surface area contributed by atoms with Crippen molar-refractivity contribution in [1.29, 1.82) is 0 Å². The molecule has 166 valence electrons. The fourth-order valence-corrected chi connectivity index (χ4v) is 4.04. The van der Waals surface area contributed by atoms with Gasteiger partial charge in [0.1, 0.15) is 24.5 Å². The van der Waals surface area contributed by atoms with Crippen molar-refractivity contribution >= 4 is 40.8 Å². The molecule has 0 spiro atoms. The largest absolute Gasteiger partial charge is 0.496 e. The summed E-state index contributed by atoms with van der Waals surface area (Å²) >= 11 is 17.3. The van der Waals surface area contributed by atoms with Crippen LogP contribution in [0.15, 0.2) is 72.0 Å². The van der Waals surface area contributed by atoms with E-state index in [2.05, 4.69) is 24.3 Å². The molecule has 0 aromatic heterocycles. The third-order valence-corrected chi connectivity index (χ3v) is 5.65. The smallest absolute Gasteiger partial charge is 0.340 e. The molecule has 1 heterocycles. The van der Waals surface area contributed by atoms with Crippen molar-refractivity contribution in [3.8, 4) is 0 Å². The molecule has 0 bridgehead atoms. The van der Waals surface area contributed by atoms with Crippen molar-refractivity contribution in [2.75, 3.05) is 19.8 Å². The summed E-state index contributed by atoms with van der Waals surface area (Å²) in [6, 6.07) is 20.3. The zero-order chi connectivity index (χ0) is 22.5. The SMILES string of the molecule is CCOC(C)/C(C(=O)OCC(Cl)(Cl)Cl)=C1\CC(c2ccccc2)(c2ccccc2)CO1. The van der Waals surface area contributed by atoms with Gasteiger partial charge < -0.3 is 14.2 Å². The first-order chi connectivity index (χ1) is 14.8. The van der Waals surface area contributed by atoms with E-state index in [-0.39, 0.29) is 6.61 Å². The predicted molar refractivity (Wildman–Crippen MR) is 124 cm³/mol. The Morgan fingerprint density at radius 1 is 1.06 bits per heavy atom. The monoisotopic (exact) mass is 482 g/mol. The average molecular weight is 484 g/mol. The molecule has 0 aliphatic carbocycles. The summed E-state index contributed by atoms with van der Waals surface area (Å²) in [7, 11) is 0. The minimum Gasteiger partial charge on any atom is -0.496 e. The average Bonchev–Trinajstić information content (AvgIpc) is 3.19. The highest BCUT2D eigenvalue weighted by Gasteiger charge is 2.44. The molecule has 1 atom stereocenters. The summed E-state index contributed by atoms with van der Waals surface area (Å²) in [5.74, 6) is -0.0813. The van der Waals surface area contributed by atoms with Crippen LogP contribution in [0, 0.1) is 0 Å². The van der Waals surface area contributed by atoms with Gasteiger partial charge in [-0.05, 0) is 25.0 Å². The molecule has 0 amide bonds. The molecular weight excluding hydrogens is 459 g/mol. The number of hydrogen-bond acceptors (Lipinski definition) is 4. The molecule has 0 N–H and O–H groups in total. The summed E-state index contributed by atoms with van der Waals surface area (Å²) in [5.41, 5.74) is 2.08. The predicted octanol–water partition coefficient (Wildman–Crippen LogP) is 5.99. The minimum absolute atomic E-state index is 0.310. The van der Waals surface area contributed by atoms with E-state index in [0.29, 0.717) is 31.0 Å². The highest BCUT2D eigenvalue weighted by Crippen LogP contribution is 2.45. The molecule has 7 heteroatoms. The van der Waals surface area contributed by atoms with Gasteiger partial charge in [-0.15, -0.1) is 0 Å². The highest BCUT2D eigenvalue weighted by molar-refractivity contribution is 6.67. The Morgan fingerprint density at radius 3 is 2.10 bits per heavy atom. The van der Waals surface area contributed by atoms with Gasteiger partial charge >= 0.3 is 5.97 Å². The topological polar surface area (TPSA) is 44.8 Å². The summed E-state index contributed by atoms with van der Waals surface area (Å²) in [5, 5.41) is 0. The lowest BCUT2D eigenvalue weighted by Crippen LogP contribution is -2.28. The Bertz CT molecular complexity index is 868. The number of alkyl halides is 3. The summed E-state index contributed by atoms with van der Waals surface area (Å²) in [6.45, 7) is 4.10. The van der Waals surface area contributed by atoms with Crippen molar-refractivity contribution in [3.63, 3.8) is 0 Å². The molecule has 1 fully saturated rings. The lowest BCUT2D eigenvalue weighted by Gasteiger charge is -2.28. The summed E-state index contributed by atoms with van der Waals surface area (Å²) < 4.78 is 15.4. The minimum atomic E-state index is -1.70. The first-order valence-electron chi connectivity index (χ1n) is 10.1. The Morgan fingerprint density at radius 2 is 1.61 bits per heavy atom. The van der Waals surface area contributed by atoms with Crippen LogP contribution in [0.5, 0.6) is 0 Å². The number of rotatable bonds is 7. The number of esters is 1. The van der Waals surface area contributed by atoms with Crippen LogP contribution in [0.1, 0.15) is 31.4 Å².